The smallest absolute Gasteiger partial charge is 0.294 e. The summed E-state index contributed by atoms with van der Waals surface area (Å²) in [5, 5.41) is 2.22. The normalized spacial score (nSPS) is 16.0. The van der Waals surface area contributed by atoms with Crippen molar-refractivity contribution in [3.05, 3.63) is 71.0 Å². The predicted molar refractivity (Wildman–Crippen MR) is 100 cm³/mol. The lowest BCUT2D eigenvalue weighted by molar-refractivity contribution is -0.127. The molecule has 1 aromatic heterocycles. The molecule has 1 aromatic carbocycles. The molecule has 2 aromatic rings. The molecule has 1 aliphatic heterocycles. The highest BCUT2D eigenvalue weighted by molar-refractivity contribution is 8.18. The standard InChI is InChI=1S/C19H16N2O4S/c1-13-5-2-6-14(11-13)20-17(22)12-21-18(23)16(26-19(21)24)9-3-7-15-8-4-10-25-15/h2-11H,12H2,1H3,(H,20,22)/b7-3+,16-9-. The van der Waals surface area contributed by atoms with Gasteiger partial charge in [-0.15, -0.1) is 0 Å². The van der Waals surface area contributed by atoms with Crippen LogP contribution in [0.1, 0.15) is 11.3 Å². The molecule has 26 heavy (non-hydrogen) atoms. The summed E-state index contributed by atoms with van der Waals surface area (Å²) in [6, 6.07) is 10.8. The molecule has 132 valence electrons. The number of nitrogens with zero attached hydrogens (tertiary/aromatic N) is 1. The molecular formula is C19H16N2O4S. The summed E-state index contributed by atoms with van der Waals surface area (Å²) >= 11 is 0.806. The average Bonchev–Trinajstić information content (AvgIpc) is 3.19. The average molecular weight is 368 g/mol. The second-order valence-electron chi connectivity index (χ2n) is 5.58. The number of nitrogens with one attached hydrogen (secondary N) is 1. The summed E-state index contributed by atoms with van der Waals surface area (Å²) in [5.74, 6) is -0.272. The Morgan fingerprint density at radius 1 is 1.27 bits per heavy atom. The van der Waals surface area contributed by atoms with Crippen LogP contribution in [-0.4, -0.2) is 28.5 Å². The molecule has 1 fully saturated rings. The Morgan fingerprint density at radius 3 is 2.85 bits per heavy atom. The molecule has 1 N–H and O–H groups in total. The van der Waals surface area contributed by atoms with Crippen LogP contribution in [0.5, 0.6) is 0 Å². The van der Waals surface area contributed by atoms with Crippen LogP contribution in [0.3, 0.4) is 0 Å². The van der Waals surface area contributed by atoms with E-state index >= 15 is 0 Å². The molecule has 0 bridgehead atoms. The molecule has 2 heterocycles. The minimum Gasteiger partial charge on any atom is -0.465 e. The number of thioether (sulfide) groups is 1. The zero-order valence-corrected chi connectivity index (χ0v) is 14.8. The highest BCUT2D eigenvalue weighted by Gasteiger charge is 2.35. The van der Waals surface area contributed by atoms with Crippen molar-refractivity contribution in [3.8, 4) is 0 Å². The minimum absolute atomic E-state index is 0.265. The summed E-state index contributed by atoms with van der Waals surface area (Å²) in [7, 11) is 0. The van der Waals surface area contributed by atoms with Crippen LogP contribution in [0.15, 0.2) is 64.1 Å². The van der Waals surface area contributed by atoms with Gasteiger partial charge in [0.1, 0.15) is 12.3 Å². The Bertz CT molecular complexity index is 900. The second kappa shape index (κ2) is 7.88. The third kappa shape index (κ3) is 4.31. The highest BCUT2D eigenvalue weighted by Crippen LogP contribution is 2.30. The first kappa shape index (κ1) is 17.8. The van der Waals surface area contributed by atoms with E-state index in [4.69, 9.17) is 4.42 Å². The Kier molecular flexibility index (Phi) is 5.38. The molecular weight excluding hydrogens is 352 g/mol. The SMILES string of the molecule is Cc1cccc(NC(=O)CN2C(=O)S/C(=C\C=C\c3ccco3)C2=O)c1. The van der Waals surface area contributed by atoms with E-state index in [9.17, 15) is 14.4 Å². The lowest BCUT2D eigenvalue weighted by Crippen LogP contribution is -2.36. The van der Waals surface area contributed by atoms with Gasteiger partial charge in [-0.2, -0.15) is 0 Å². The Hall–Kier alpha value is -3.06. The number of anilines is 1. The summed E-state index contributed by atoms with van der Waals surface area (Å²) in [5.41, 5.74) is 1.62. The number of rotatable bonds is 5. The second-order valence-corrected chi connectivity index (χ2v) is 6.58. The zero-order valence-electron chi connectivity index (χ0n) is 14.0. The molecule has 7 heteroatoms. The highest BCUT2D eigenvalue weighted by atomic mass is 32.2. The molecule has 0 spiro atoms. The zero-order chi connectivity index (χ0) is 18.5. The van der Waals surface area contributed by atoms with Crippen molar-refractivity contribution in [2.45, 2.75) is 6.92 Å². The molecule has 1 saturated heterocycles. The maximum Gasteiger partial charge on any atom is 0.294 e. The van der Waals surface area contributed by atoms with Crippen LogP contribution in [0, 0.1) is 6.92 Å². The lowest BCUT2D eigenvalue weighted by atomic mass is 10.2. The number of hydrogen-bond donors (Lipinski definition) is 1. The Morgan fingerprint density at radius 2 is 2.12 bits per heavy atom. The van der Waals surface area contributed by atoms with Crippen molar-refractivity contribution < 1.29 is 18.8 Å². The van der Waals surface area contributed by atoms with Crippen molar-refractivity contribution >= 4 is 40.6 Å². The van der Waals surface area contributed by atoms with Gasteiger partial charge in [-0.05, 0) is 60.7 Å². The van der Waals surface area contributed by atoms with E-state index in [1.54, 1.807) is 36.6 Å². The van der Waals surface area contributed by atoms with Gasteiger partial charge >= 0.3 is 0 Å². The van der Waals surface area contributed by atoms with Crippen LogP contribution in [-0.2, 0) is 9.59 Å². The summed E-state index contributed by atoms with van der Waals surface area (Å²) < 4.78 is 5.15. The van der Waals surface area contributed by atoms with Crippen LogP contribution in [0.4, 0.5) is 10.5 Å². The largest absolute Gasteiger partial charge is 0.465 e. The van der Waals surface area contributed by atoms with Crippen molar-refractivity contribution in [2.24, 2.45) is 0 Å². The molecule has 0 unspecified atom stereocenters. The number of furan rings is 1. The number of carbonyl (C=O) groups excluding carboxylic acids is 3. The fourth-order valence-corrected chi connectivity index (χ4v) is 3.12. The number of amides is 3. The molecule has 0 radical (unpaired) electrons. The maximum absolute atomic E-state index is 12.3. The van der Waals surface area contributed by atoms with E-state index in [2.05, 4.69) is 5.32 Å². The Labute approximate surface area is 154 Å². The van der Waals surface area contributed by atoms with E-state index in [0.29, 0.717) is 11.4 Å². The summed E-state index contributed by atoms with van der Waals surface area (Å²) in [6.07, 6.45) is 6.38. The third-order valence-corrected chi connectivity index (χ3v) is 4.45. The molecule has 3 amide bonds. The number of carbonyl (C=O) groups is 3. The topological polar surface area (TPSA) is 79.6 Å². The monoisotopic (exact) mass is 368 g/mol. The fourth-order valence-electron chi connectivity index (χ4n) is 2.33. The van der Waals surface area contributed by atoms with Gasteiger partial charge in [-0.25, -0.2) is 0 Å². The molecule has 0 atom stereocenters. The summed E-state index contributed by atoms with van der Waals surface area (Å²) in [6.45, 7) is 1.59. The third-order valence-electron chi connectivity index (χ3n) is 3.53. The quantitative estimate of drug-likeness (QED) is 0.812. The number of aryl methyl sites for hydroxylation is 1. The number of hydrogen-bond acceptors (Lipinski definition) is 5. The summed E-state index contributed by atoms with van der Waals surface area (Å²) in [4.78, 5) is 37.7. The first-order valence-electron chi connectivity index (χ1n) is 7.85. The van der Waals surface area contributed by atoms with Crippen LogP contribution < -0.4 is 5.32 Å². The Balaban J connectivity index is 1.62. The van der Waals surface area contributed by atoms with Crippen LogP contribution >= 0.6 is 11.8 Å². The van der Waals surface area contributed by atoms with Crippen molar-refractivity contribution in [2.75, 3.05) is 11.9 Å². The number of benzene rings is 1. The van der Waals surface area contributed by atoms with Gasteiger partial charge < -0.3 is 9.73 Å². The number of allylic oxidation sites excluding steroid dienone is 2. The molecule has 6 nitrogen and oxygen atoms in total. The maximum atomic E-state index is 12.3. The first-order valence-corrected chi connectivity index (χ1v) is 8.66. The van der Waals surface area contributed by atoms with E-state index in [1.165, 1.54) is 6.08 Å². The molecule has 0 aliphatic carbocycles. The van der Waals surface area contributed by atoms with Crippen molar-refractivity contribution in [1.29, 1.82) is 0 Å². The van der Waals surface area contributed by atoms with Crippen molar-refractivity contribution in [3.63, 3.8) is 0 Å². The fraction of sp³-hybridized carbons (Fsp3) is 0.105. The lowest BCUT2D eigenvalue weighted by Gasteiger charge is -2.12. The van der Waals surface area contributed by atoms with Gasteiger partial charge in [0.15, 0.2) is 0 Å². The molecule has 1 aliphatic rings. The van der Waals surface area contributed by atoms with Crippen LogP contribution in [0.2, 0.25) is 0 Å². The van der Waals surface area contributed by atoms with E-state index in [1.807, 2.05) is 25.1 Å². The van der Waals surface area contributed by atoms with Crippen LogP contribution in [0.25, 0.3) is 6.08 Å². The van der Waals surface area contributed by atoms with Gasteiger partial charge in [0.05, 0.1) is 11.2 Å². The van der Waals surface area contributed by atoms with Crippen molar-refractivity contribution in [1.82, 2.24) is 4.90 Å². The van der Waals surface area contributed by atoms with Gasteiger partial charge in [0.2, 0.25) is 5.91 Å². The van der Waals surface area contributed by atoms with E-state index < -0.39 is 17.1 Å². The van der Waals surface area contributed by atoms with Gasteiger partial charge in [0.25, 0.3) is 11.1 Å². The van der Waals surface area contributed by atoms with Gasteiger partial charge in [-0.3, -0.25) is 19.3 Å². The predicted octanol–water partition coefficient (Wildman–Crippen LogP) is 3.82. The minimum atomic E-state index is -0.483. The van der Waals surface area contributed by atoms with E-state index in [-0.39, 0.29) is 11.4 Å². The van der Waals surface area contributed by atoms with Gasteiger partial charge in [0, 0.05) is 5.69 Å². The first-order chi connectivity index (χ1) is 12.5. The molecule has 0 saturated carbocycles. The van der Waals surface area contributed by atoms with E-state index in [0.717, 1.165) is 22.2 Å². The van der Waals surface area contributed by atoms with Gasteiger partial charge in [-0.1, -0.05) is 18.2 Å². The number of imide groups is 1. The molecule has 3 rings (SSSR count).